The average Bonchev–Trinajstić information content (AvgIpc) is 2.63. The van der Waals surface area contributed by atoms with Crippen LogP contribution in [0.5, 0.6) is 0 Å². The van der Waals surface area contributed by atoms with Gasteiger partial charge in [-0.05, 0) is 0 Å². The fourth-order valence-corrected chi connectivity index (χ4v) is 10.8. The molecular formula is C19H16ClNO2Sn. The summed E-state index contributed by atoms with van der Waals surface area (Å²) in [7, 11) is 7.01. The molecule has 3 rings (SSSR count). The predicted octanol–water partition coefficient (Wildman–Crippen LogP) is 2.92. The number of nitrogen functional groups attached to an aromatic ring is 1. The van der Waals surface area contributed by atoms with Crippen LogP contribution in [0.3, 0.4) is 0 Å². The Morgan fingerprint density at radius 1 is 0.792 bits per heavy atom. The van der Waals surface area contributed by atoms with E-state index in [1.807, 2.05) is 60.7 Å². The molecule has 0 bridgehead atoms. The molecule has 0 unspecified atom stereocenters. The molecule has 0 atom stereocenters. The Kier molecular flexibility index (Phi) is 5.11. The van der Waals surface area contributed by atoms with Crippen LogP contribution in [0.15, 0.2) is 84.9 Å². The zero-order chi connectivity index (χ0) is 17.0. The van der Waals surface area contributed by atoms with E-state index in [9.17, 15) is 4.79 Å². The number of benzene rings is 3. The second-order valence-corrected chi connectivity index (χ2v) is 16.2. The number of anilines is 1. The molecule has 0 amide bonds. The molecule has 3 nitrogen and oxygen atoms in total. The van der Waals surface area contributed by atoms with Crippen molar-refractivity contribution in [3.8, 4) is 0 Å². The SMILES string of the molecule is Nc1ccc(C(=O)[O][Sn]([Cl])([c]2ccccc2)[c]2ccccc2)cc1. The first-order valence-electron chi connectivity index (χ1n) is 7.48. The van der Waals surface area contributed by atoms with Gasteiger partial charge in [-0.1, -0.05) is 0 Å². The molecule has 2 N–H and O–H groups in total. The molecule has 0 spiro atoms. The number of halogens is 1. The van der Waals surface area contributed by atoms with Gasteiger partial charge in [-0.15, -0.1) is 0 Å². The van der Waals surface area contributed by atoms with E-state index >= 15 is 0 Å². The fraction of sp³-hybridized carbons (Fsp3) is 0. The van der Waals surface area contributed by atoms with E-state index in [2.05, 4.69) is 0 Å². The van der Waals surface area contributed by atoms with Crippen LogP contribution in [-0.2, 0) is 3.07 Å². The number of hydrogen-bond donors (Lipinski definition) is 1. The second-order valence-electron chi connectivity index (χ2n) is 5.34. The van der Waals surface area contributed by atoms with Crippen LogP contribution in [0.25, 0.3) is 0 Å². The zero-order valence-electron chi connectivity index (χ0n) is 12.9. The van der Waals surface area contributed by atoms with E-state index in [-0.39, 0.29) is 0 Å². The van der Waals surface area contributed by atoms with Crippen LogP contribution in [0, 0.1) is 0 Å². The van der Waals surface area contributed by atoms with Gasteiger partial charge >= 0.3 is 149 Å². The molecule has 0 saturated heterocycles. The van der Waals surface area contributed by atoms with E-state index < -0.39 is 23.6 Å². The number of rotatable bonds is 4. The maximum absolute atomic E-state index is 12.6. The van der Waals surface area contributed by atoms with Crippen molar-refractivity contribution in [1.82, 2.24) is 0 Å². The summed E-state index contributed by atoms with van der Waals surface area (Å²) in [6.07, 6.45) is 0. The third kappa shape index (κ3) is 3.57. The van der Waals surface area contributed by atoms with Crippen molar-refractivity contribution in [2.75, 3.05) is 5.73 Å². The zero-order valence-corrected chi connectivity index (χ0v) is 16.5. The third-order valence-corrected chi connectivity index (χ3v) is 14.6. The Morgan fingerprint density at radius 3 is 1.71 bits per heavy atom. The molecule has 0 aliphatic carbocycles. The molecule has 0 aliphatic rings. The summed E-state index contributed by atoms with van der Waals surface area (Å²) in [6.45, 7) is 0. The molecule has 0 radical (unpaired) electrons. The minimum atomic E-state index is -4.07. The monoisotopic (exact) mass is 445 g/mol. The van der Waals surface area contributed by atoms with Gasteiger partial charge in [0.05, 0.1) is 0 Å². The van der Waals surface area contributed by atoms with Gasteiger partial charge in [-0.25, -0.2) is 0 Å². The summed E-state index contributed by atoms with van der Waals surface area (Å²) in [5.74, 6) is -0.423. The van der Waals surface area contributed by atoms with E-state index in [0.717, 1.165) is 7.16 Å². The fourth-order valence-electron chi connectivity index (χ4n) is 2.40. The Labute approximate surface area is 149 Å². The summed E-state index contributed by atoms with van der Waals surface area (Å²) in [5, 5.41) is 0. The Balaban J connectivity index is 2.00. The number of nitrogens with two attached hydrogens (primary N) is 1. The quantitative estimate of drug-likeness (QED) is 0.497. The van der Waals surface area contributed by atoms with Gasteiger partial charge in [0, 0.05) is 0 Å². The molecule has 24 heavy (non-hydrogen) atoms. The van der Waals surface area contributed by atoms with Gasteiger partial charge in [0.1, 0.15) is 0 Å². The molecule has 0 fully saturated rings. The van der Waals surface area contributed by atoms with Crippen molar-refractivity contribution in [3.05, 3.63) is 90.5 Å². The molecule has 5 heteroatoms. The van der Waals surface area contributed by atoms with Crippen molar-refractivity contribution < 1.29 is 7.87 Å². The summed E-state index contributed by atoms with van der Waals surface area (Å²) in [6, 6.07) is 25.8. The predicted molar refractivity (Wildman–Crippen MR) is 100 cm³/mol. The maximum atomic E-state index is 12.6. The van der Waals surface area contributed by atoms with Crippen molar-refractivity contribution in [2.45, 2.75) is 0 Å². The molecule has 0 aliphatic heterocycles. The molecular weight excluding hydrogens is 428 g/mol. The van der Waals surface area contributed by atoms with Crippen LogP contribution < -0.4 is 12.9 Å². The van der Waals surface area contributed by atoms with Crippen LogP contribution >= 0.6 is 8.92 Å². The van der Waals surface area contributed by atoms with Crippen molar-refractivity contribution in [2.24, 2.45) is 0 Å². The molecule has 0 aromatic heterocycles. The first kappa shape index (κ1) is 16.9. The summed E-state index contributed by atoms with van der Waals surface area (Å²) >= 11 is -4.07. The van der Waals surface area contributed by atoms with Gasteiger partial charge in [0.15, 0.2) is 0 Å². The third-order valence-electron chi connectivity index (χ3n) is 3.67. The van der Waals surface area contributed by atoms with Crippen LogP contribution in [0.2, 0.25) is 0 Å². The van der Waals surface area contributed by atoms with Crippen LogP contribution in [0.1, 0.15) is 10.4 Å². The van der Waals surface area contributed by atoms with Crippen LogP contribution in [-0.4, -0.2) is 23.6 Å². The normalized spacial score (nSPS) is 11.0. The topological polar surface area (TPSA) is 52.3 Å². The second kappa shape index (κ2) is 7.28. The number of carbonyl (C=O) groups excluding carboxylic acids is 1. The average molecular weight is 445 g/mol. The van der Waals surface area contributed by atoms with Gasteiger partial charge in [0.2, 0.25) is 0 Å². The van der Waals surface area contributed by atoms with Gasteiger partial charge in [-0.3, -0.25) is 0 Å². The Bertz CT molecular complexity index is 784. The molecule has 3 aromatic rings. The summed E-state index contributed by atoms with van der Waals surface area (Å²) in [5.41, 5.74) is 6.71. The molecule has 120 valence electrons. The van der Waals surface area contributed by atoms with E-state index in [1.54, 1.807) is 24.3 Å². The first-order chi connectivity index (χ1) is 11.6. The molecule has 0 saturated carbocycles. The van der Waals surface area contributed by atoms with Crippen molar-refractivity contribution in [1.29, 1.82) is 0 Å². The number of carbonyl (C=O) groups is 1. The summed E-state index contributed by atoms with van der Waals surface area (Å²) in [4.78, 5) is 12.6. The van der Waals surface area contributed by atoms with Crippen molar-refractivity contribution >= 4 is 45.4 Å². The molecule has 0 heterocycles. The van der Waals surface area contributed by atoms with Crippen LogP contribution in [0.4, 0.5) is 5.69 Å². The first-order valence-corrected chi connectivity index (χ1v) is 15.1. The van der Waals surface area contributed by atoms with Crippen molar-refractivity contribution in [3.63, 3.8) is 0 Å². The minimum absolute atomic E-state index is 0.423. The summed E-state index contributed by atoms with van der Waals surface area (Å²) < 4.78 is 7.72. The van der Waals surface area contributed by atoms with E-state index in [1.165, 1.54) is 0 Å². The number of hydrogen-bond acceptors (Lipinski definition) is 3. The van der Waals surface area contributed by atoms with Gasteiger partial charge in [-0.2, -0.15) is 0 Å². The van der Waals surface area contributed by atoms with Gasteiger partial charge < -0.3 is 0 Å². The molecule has 3 aromatic carbocycles. The van der Waals surface area contributed by atoms with E-state index in [4.69, 9.17) is 17.7 Å². The Hall–Kier alpha value is -1.98. The van der Waals surface area contributed by atoms with E-state index in [0.29, 0.717) is 11.3 Å². The Morgan fingerprint density at radius 2 is 1.25 bits per heavy atom. The standard InChI is InChI=1S/C7H7NO2.2C6H5.ClH.Sn/c8-6-3-1-5(2-4-6)7(9)10;2*1-2-4-6-5-3-1;;/h1-4H,8H2,(H,9,10);2*1-5H;1H;/q;;;;+2/p-2. The van der Waals surface area contributed by atoms with Gasteiger partial charge in [0.25, 0.3) is 0 Å².